The zero-order valence-corrected chi connectivity index (χ0v) is 14.4. The number of hydrogen-bond donors (Lipinski definition) is 1. The predicted octanol–water partition coefficient (Wildman–Crippen LogP) is 3.14. The highest BCUT2D eigenvalue weighted by molar-refractivity contribution is 5.77. The van der Waals surface area contributed by atoms with E-state index < -0.39 is 0 Å². The summed E-state index contributed by atoms with van der Waals surface area (Å²) < 4.78 is 18.3. The highest BCUT2D eigenvalue weighted by atomic mass is 19.1. The van der Waals surface area contributed by atoms with Crippen molar-refractivity contribution in [3.05, 3.63) is 78.1 Å². The molecule has 0 saturated carbocycles. The lowest BCUT2D eigenvalue weighted by atomic mass is 10.2. The molecule has 25 heavy (non-hydrogen) atoms. The number of ether oxygens (including phenoxy) is 1. The highest BCUT2D eigenvalue weighted by Gasteiger charge is 2.07. The average Bonchev–Trinajstić information content (AvgIpc) is 2.60. The van der Waals surface area contributed by atoms with Gasteiger partial charge in [0, 0.05) is 13.1 Å². The first-order valence-corrected chi connectivity index (χ1v) is 8.09. The van der Waals surface area contributed by atoms with Gasteiger partial charge in [-0.25, -0.2) is 4.39 Å². The Balaban J connectivity index is 1.74. The van der Waals surface area contributed by atoms with Gasteiger partial charge in [0.25, 0.3) is 0 Å². The van der Waals surface area contributed by atoms with Crippen molar-refractivity contribution >= 4 is 5.91 Å². The maximum atomic E-state index is 12.8. The second kappa shape index (κ2) is 9.59. The molecule has 0 aromatic heterocycles. The fourth-order valence-electron chi connectivity index (χ4n) is 2.32. The van der Waals surface area contributed by atoms with Crippen LogP contribution in [0.5, 0.6) is 5.75 Å². The molecule has 2 aromatic rings. The molecule has 1 amide bonds. The number of carbonyl (C=O) groups excluding carboxylic acids is 1. The number of carbonyl (C=O) groups is 1. The van der Waals surface area contributed by atoms with Crippen molar-refractivity contribution in [2.24, 2.45) is 0 Å². The number of nitrogens with one attached hydrogen (secondary N) is 1. The third-order valence-electron chi connectivity index (χ3n) is 3.56. The number of rotatable bonds is 9. The first kappa shape index (κ1) is 18.7. The van der Waals surface area contributed by atoms with Crippen molar-refractivity contribution in [3.8, 4) is 5.75 Å². The van der Waals surface area contributed by atoms with Gasteiger partial charge in [-0.2, -0.15) is 0 Å². The van der Waals surface area contributed by atoms with E-state index in [1.54, 1.807) is 18.2 Å². The normalized spacial score (nSPS) is 10.5. The summed E-state index contributed by atoms with van der Waals surface area (Å²) in [5.74, 6) is 0.442. The van der Waals surface area contributed by atoms with Crippen LogP contribution in [0.4, 0.5) is 4.39 Å². The molecule has 132 valence electrons. The summed E-state index contributed by atoms with van der Waals surface area (Å²) in [4.78, 5) is 13.9. The molecule has 1 N–H and O–H groups in total. The standard InChI is InChI=1S/C20H23FN2O2/c1-3-12-25-19-10-6-17(7-11-19)14-23(2)15-20(24)22-13-16-4-8-18(21)9-5-16/h3-11H,1,12-15H2,2H3,(H,22,24). The van der Waals surface area contributed by atoms with E-state index in [0.29, 0.717) is 19.7 Å². The lowest BCUT2D eigenvalue weighted by Crippen LogP contribution is -2.34. The van der Waals surface area contributed by atoms with E-state index in [1.165, 1.54) is 12.1 Å². The molecule has 0 unspecified atom stereocenters. The molecule has 0 atom stereocenters. The van der Waals surface area contributed by atoms with E-state index in [0.717, 1.165) is 16.9 Å². The van der Waals surface area contributed by atoms with Gasteiger partial charge in [-0.1, -0.05) is 36.9 Å². The predicted molar refractivity (Wildman–Crippen MR) is 96.7 cm³/mol. The van der Waals surface area contributed by atoms with Crippen LogP contribution >= 0.6 is 0 Å². The lowest BCUT2D eigenvalue weighted by Gasteiger charge is -2.16. The molecule has 0 bridgehead atoms. The fourth-order valence-corrected chi connectivity index (χ4v) is 2.32. The van der Waals surface area contributed by atoms with Crippen molar-refractivity contribution < 1.29 is 13.9 Å². The van der Waals surface area contributed by atoms with Gasteiger partial charge in [-0.15, -0.1) is 0 Å². The Labute approximate surface area is 147 Å². The number of amides is 1. The maximum Gasteiger partial charge on any atom is 0.234 e. The lowest BCUT2D eigenvalue weighted by molar-refractivity contribution is -0.122. The topological polar surface area (TPSA) is 41.6 Å². The Morgan fingerprint density at radius 2 is 1.80 bits per heavy atom. The van der Waals surface area contributed by atoms with Gasteiger partial charge in [0.15, 0.2) is 0 Å². The molecule has 0 heterocycles. The molecular weight excluding hydrogens is 319 g/mol. The molecule has 0 aliphatic rings. The Morgan fingerprint density at radius 1 is 1.16 bits per heavy atom. The molecular formula is C20H23FN2O2. The van der Waals surface area contributed by atoms with Crippen molar-refractivity contribution in [2.75, 3.05) is 20.2 Å². The Morgan fingerprint density at radius 3 is 2.44 bits per heavy atom. The number of nitrogens with zero attached hydrogens (tertiary/aromatic N) is 1. The SMILES string of the molecule is C=CCOc1ccc(CN(C)CC(=O)NCc2ccc(F)cc2)cc1. The van der Waals surface area contributed by atoms with Gasteiger partial charge in [0.2, 0.25) is 5.91 Å². The van der Waals surface area contributed by atoms with E-state index >= 15 is 0 Å². The minimum atomic E-state index is -0.282. The summed E-state index contributed by atoms with van der Waals surface area (Å²) in [6, 6.07) is 13.9. The maximum absolute atomic E-state index is 12.8. The smallest absolute Gasteiger partial charge is 0.234 e. The summed E-state index contributed by atoms with van der Waals surface area (Å²) in [6.07, 6.45) is 1.70. The Bertz CT molecular complexity index is 684. The zero-order valence-electron chi connectivity index (χ0n) is 14.4. The first-order valence-electron chi connectivity index (χ1n) is 8.09. The van der Waals surface area contributed by atoms with Crippen LogP contribution in [0.1, 0.15) is 11.1 Å². The summed E-state index contributed by atoms with van der Waals surface area (Å²) in [5.41, 5.74) is 1.97. The van der Waals surface area contributed by atoms with Crippen molar-refractivity contribution in [3.63, 3.8) is 0 Å². The minimum Gasteiger partial charge on any atom is -0.490 e. The molecule has 2 rings (SSSR count). The number of likely N-dealkylation sites (N-methyl/N-ethyl adjacent to an activating group) is 1. The molecule has 0 fully saturated rings. The van der Waals surface area contributed by atoms with Crippen molar-refractivity contribution in [2.45, 2.75) is 13.1 Å². The average molecular weight is 342 g/mol. The van der Waals surface area contributed by atoms with E-state index in [2.05, 4.69) is 11.9 Å². The van der Waals surface area contributed by atoms with E-state index in [9.17, 15) is 9.18 Å². The second-order valence-electron chi connectivity index (χ2n) is 5.82. The molecule has 0 spiro atoms. The van der Waals surface area contributed by atoms with Gasteiger partial charge in [-0.05, 0) is 42.4 Å². The summed E-state index contributed by atoms with van der Waals surface area (Å²) >= 11 is 0. The summed E-state index contributed by atoms with van der Waals surface area (Å²) in [7, 11) is 1.89. The first-order chi connectivity index (χ1) is 12.1. The molecule has 4 nitrogen and oxygen atoms in total. The number of halogens is 1. The van der Waals surface area contributed by atoms with Gasteiger partial charge in [0.05, 0.1) is 6.54 Å². The van der Waals surface area contributed by atoms with Crippen LogP contribution in [-0.2, 0) is 17.9 Å². The van der Waals surface area contributed by atoms with Crippen LogP contribution < -0.4 is 10.1 Å². The van der Waals surface area contributed by atoms with Crippen LogP contribution in [0.25, 0.3) is 0 Å². The minimum absolute atomic E-state index is 0.0715. The summed E-state index contributed by atoms with van der Waals surface area (Å²) in [5, 5.41) is 2.83. The van der Waals surface area contributed by atoms with Crippen LogP contribution in [0.3, 0.4) is 0 Å². The zero-order chi connectivity index (χ0) is 18.1. The Kier molecular flexibility index (Phi) is 7.16. The molecule has 5 heteroatoms. The third-order valence-corrected chi connectivity index (χ3v) is 3.56. The monoisotopic (exact) mass is 342 g/mol. The van der Waals surface area contributed by atoms with Crippen LogP contribution in [-0.4, -0.2) is 31.0 Å². The molecule has 0 saturated heterocycles. The number of hydrogen-bond acceptors (Lipinski definition) is 3. The van der Waals surface area contributed by atoms with Gasteiger partial charge in [0.1, 0.15) is 18.2 Å². The summed E-state index contributed by atoms with van der Waals surface area (Å²) in [6.45, 7) is 5.43. The van der Waals surface area contributed by atoms with Gasteiger partial charge >= 0.3 is 0 Å². The molecule has 0 aliphatic heterocycles. The van der Waals surface area contributed by atoms with Crippen molar-refractivity contribution in [1.82, 2.24) is 10.2 Å². The molecule has 0 radical (unpaired) electrons. The van der Waals surface area contributed by atoms with E-state index in [-0.39, 0.29) is 18.3 Å². The third kappa shape index (κ3) is 6.77. The molecule has 0 aliphatic carbocycles. The van der Waals surface area contributed by atoms with Crippen molar-refractivity contribution in [1.29, 1.82) is 0 Å². The van der Waals surface area contributed by atoms with Crippen LogP contribution in [0.2, 0.25) is 0 Å². The second-order valence-corrected chi connectivity index (χ2v) is 5.82. The quantitative estimate of drug-likeness (QED) is 0.712. The highest BCUT2D eigenvalue weighted by Crippen LogP contribution is 2.13. The molecule has 2 aromatic carbocycles. The van der Waals surface area contributed by atoms with Crippen LogP contribution in [0, 0.1) is 5.82 Å². The largest absolute Gasteiger partial charge is 0.490 e. The van der Waals surface area contributed by atoms with Gasteiger partial charge < -0.3 is 10.1 Å². The van der Waals surface area contributed by atoms with Crippen LogP contribution in [0.15, 0.2) is 61.2 Å². The Hall–Kier alpha value is -2.66. The van der Waals surface area contributed by atoms with E-state index in [1.807, 2.05) is 36.2 Å². The fraction of sp³-hybridized carbons (Fsp3) is 0.250. The van der Waals surface area contributed by atoms with E-state index in [4.69, 9.17) is 4.74 Å². The van der Waals surface area contributed by atoms with Gasteiger partial charge in [-0.3, -0.25) is 9.69 Å². The number of benzene rings is 2.